The maximum atomic E-state index is 13.6. The molecule has 0 aromatic heterocycles. The first-order valence-electron chi connectivity index (χ1n) is 12.9. The Balaban J connectivity index is 5.83. The Bertz CT molecular complexity index is 693. The normalized spacial score (nSPS) is 15.1. The van der Waals surface area contributed by atoms with E-state index in [1.807, 2.05) is 55.4 Å². The molecule has 0 spiro atoms. The van der Waals surface area contributed by atoms with Gasteiger partial charge in [-0.1, -0.05) is 55.4 Å². The predicted molar refractivity (Wildman–Crippen MR) is 139 cm³/mol. The maximum Gasteiger partial charge on any atom is 0.326 e. The SMILES string of the molecule is CN[C@@H](CC(C)C)C(=O)N[C@@H](CC(C)C)C(=O)N(C)[C@@H](CC(C)C)C(=O)N[C@@H](CC(C)C)C(=O)O. The van der Waals surface area contributed by atoms with E-state index in [-0.39, 0.29) is 29.6 Å². The Morgan fingerprint density at radius 1 is 0.657 bits per heavy atom. The van der Waals surface area contributed by atoms with E-state index in [4.69, 9.17) is 0 Å². The van der Waals surface area contributed by atoms with Crippen molar-refractivity contribution in [3.63, 3.8) is 0 Å². The molecule has 0 fully saturated rings. The molecule has 0 aromatic carbocycles. The van der Waals surface area contributed by atoms with Crippen LogP contribution in [0.15, 0.2) is 0 Å². The molecule has 0 bridgehead atoms. The predicted octanol–water partition coefficient (Wildman–Crippen LogP) is 2.64. The topological polar surface area (TPSA) is 128 Å². The number of hydrogen-bond donors (Lipinski definition) is 4. The molecule has 0 rings (SSSR count). The summed E-state index contributed by atoms with van der Waals surface area (Å²) in [5.74, 6) is -1.60. The number of carbonyl (C=O) groups excluding carboxylic acids is 3. The minimum absolute atomic E-state index is 0.0795. The Labute approximate surface area is 212 Å². The van der Waals surface area contributed by atoms with Crippen molar-refractivity contribution in [3.8, 4) is 0 Å². The van der Waals surface area contributed by atoms with Crippen molar-refractivity contribution in [2.24, 2.45) is 23.7 Å². The van der Waals surface area contributed by atoms with Crippen LogP contribution in [0.25, 0.3) is 0 Å². The van der Waals surface area contributed by atoms with Crippen molar-refractivity contribution in [3.05, 3.63) is 0 Å². The van der Waals surface area contributed by atoms with Gasteiger partial charge in [-0.05, 0) is 56.4 Å². The van der Waals surface area contributed by atoms with Crippen LogP contribution in [-0.2, 0) is 19.2 Å². The zero-order valence-corrected chi connectivity index (χ0v) is 23.5. The zero-order valence-electron chi connectivity index (χ0n) is 23.5. The van der Waals surface area contributed by atoms with E-state index < -0.39 is 36.0 Å². The second-order valence-electron chi connectivity index (χ2n) is 11.3. The second kappa shape index (κ2) is 15.8. The molecule has 0 saturated heterocycles. The molecule has 0 saturated carbocycles. The third kappa shape index (κ3) is 12.4. The number of nitrogens with one attached hydrogen (secondary N) is 3. The molecule has 3 amide bonds. The molecule has 0 radical (unpaired) electrons. The number of carboxylic acids is 1. The van der Waals surface area contributed by atoms with Crippen LogP contribution in [-0.4, -0.2) is 72.0 Å². The average Bonchev–Trinajstić information content (AvgIpc) is 2.72. The van der Waals surface area contributed by atoms with Gasteiger partial charge in [-0.3, -0.25) is 14.4 Å². The Hall–Kier alpha value is -2.16. The van der Waals surface area contributed by atoms with Gasteiger partial charge in [-0.2, -0.15) is 0 Å². The van der Waals surface area contributed by atoms with E-state index in [0.29, 0.717) is 31.6 Å². The molecule has 35 heavy (non-hydrogen) atoms. The number of carboxylic acid groups (broad SMARTS) is 1. The lowest BCUT2D eigenvalue weighted by Gasteiger charge is -2.33. The lowest BCUT2D eigenvalue weighted by molar-refractivity contribution is -0.146. The van der Waals surface area contributed by atoms with Crippen molar-refractivity contribution in [2.45, 2.75) is 105 Å². The number of likely N-dealkylation sites (N-methyl/N-ethyl adjacent to an activating group) is 2. The van der Waals surface area contributed by atoms with Crippen LogP contribution in [0.1, 0.15) is 81.1 Å². The molecule has 0 aliphatic carbocycles. The molecule has 4 N–H and O–H groups in total. The van der Waals surface area contributed by atoms with Gasteiger partial charge in [0.15, 0.2) is 0 Å². The number of aliphatic carboxylic acids is 1. The molecular formula is C26H50N4O5. The Kier molecular flexibility index (Phi) is 14.8. The summed E-state index contributed by atoms with van der Waals surface area (Å²) in [6.07, 6.45) is 1.72. The number of carbonyl (C=O) groups is 4. The highest BCUT2D eigenvalue weighted by Gasteiger charge is 2.35. The van der Waals surface area contributed by atoms with Gasteiger partial charge in [0.05, 0.1) is 6.04 Å². The lowest BCUT2D eigenvalue weighted by Crippen LogP contribution is -2.58. The summed E-state index contributed by atoms with van der Waals surface area (Å²) in [7, 11) is 3.27. The molecule has 0 aromatic rings. The second-order valence-corrected chi connectivity index (χ2v) is 11.3. The fraction of sp³-hybridized carbons (Fsp3) is 0.846. The molecule has 0 unspecified atom stereocenters. The fourth-order valence-electron chi connectivity index (χ4n) is 4.04. The van der Waals surface area contributed by atoms with Crippen LogP contribution in [0.3, 0.4) is 0 Å². The molecule has 9 nitrogen and oxygen atoms in total. The van der Waals surface area contributed by atoms with Crippen molar-refractivity contribution >= 4 is 23.7 Å². The van der Waals surface area contributed by atoms with Crippen LogP contribution >= 0.6 is 0 Å². The van der Waals surface area contributed by atoms with Gasteiger partial charge in [0.2, 0.25) is 17.7 Å². The van der Waals surface area contributed by atoms with Gasteiger partial charge in [0, 0.05) is 7.05 Å². The molecule has 0 heterocycles. The average molecular weight is 499 g/mol. The van der Waals surface area contributed by atoms with Crippen molar-refractivity contribution in [1.29, 1.82) is 0 Å². The Morgan fingerprint density at radius 3 is 1.46 bits per heavy atom. The van der Waals surface area contributed by atoms with Gasteiger partial charge in [-0.25, -0.2) is 4.79 Å². The fourth-order valence-corrected chi connectivity index (χ4v) is 4.04. The van der Waals surface area contributed by atoms with Gasteiger partial charge >= 0.3 is 5.97 Å². The number of nitrogens with zero attached hydrogens (tertiary/aromatic N) is 1. The summed E-state index contributed by atoms with van der Waals surface area (Å²) in [6.45, 7) is 15.7. The van der Waals surface area contributed by atoms with Crippen LogP contribution in [0.4, 0.5) is 0 Å². The monoisotopic (exact) mass is 498 g/mol. The number of hydrogen-bond acceptors (Lipinski definition) is 5. The van der Waals surface area contributed by atoms with Gasteiger partial charge in [0.25, 0.3) is 0 Å². The summed E-state index contributed by atoms with van der Waals surface area (Å²) in [5, 5.41) is 18.1. The zero-order chi connectivity index (χ0) is 27.5. The quantitative estimate of drug-likeness (QED) is 0.259. The summed E-state index contributed by atoms with van der Waals surface area (Å²) in [6, 6.07) is -3.09. The smallest absolute Gasteiger partial charge is 0.326 e. The summed E-state index contributed by atoms with van der Waals surface area (Å²) < 4.78 is 0. The number of rotatable bonds is 16. The Morgan fingerprint density at radius 2 is 1.06 bits per heavy atom. The third-order valence-corrected chi connectivity index (χ3v) is 5.83. The van der Waals surface area contributed by atoms with Crippen LogP contribution in [0, 0.1) is 23.7 Å². The van der Waals surface area contributed by atoms with Crippen molar-refractivity contribution in [1.82, 2.24) is 20.9 Å². The molecular weight excluding hydrogens is 448 g/mol. The minimum Gasteiger partial charge on any atom is -0.480 e. The molecule has 0 aliphatic heterocycles. The van der Waals surface area contributed by atoms with Gasteiger partial charge in [0.1, 0.15) is 18.1 Å². The maximum absolute atomic E-state index is 13.6. The highest BCUT2D eigenvalue weighted by atomic mass is 16.4. The summed E-state index contributed by atoms with van der Waals surface area (Å²) in [5.41, 5.74) is 0. The largest absolute Gasteiger partial charge is 0.480 e. The van der Waals surface area contributed by atoms with Gasteiger partial charge < -0.3 is 26.0 Å². The molecule has 0 aliphatic rings. The van der Waals surface area contributed by atoms with E-state index >= 15 is 0 Å². The standard InChI is InChI=1S/C26H50N4O5/c1-15(2)11-19(27-9)23(31)28-20(12-16(3)4)25(33)30(10)22(14-18(7)8)24(32)29-21(26(34)35)13-17(5)6/h15-22,27H,11-14H2,1-10H3,(H,28,31)(H,29,32)(H,34,35)/t19-,20-,21-,22-/m0/s1. The van der Waals surface area contributed by atoms with Crippen molar-refractivity contribution in [2.75, 3.05) is 14.1 Å². The van der Waals surface area contributed by atoms with Crippen LogP contribution in [0.5, 0.6) is 0 Å². The van der Waals surface area contributed by atoms with E-state index in [1.54, 1.807) is 14.1 Å². The van der Waals surface area contributed by atoms with E-state index in [9.17, 15) is 24.3 Å². The van der Waals surface area contributed by atoms with E-state index in [2.05, 4.69) is 16.0 Å². The third-order valence-electron chi connectivity index (χ3n) is 5.83. The van der Waals surface area contributed by atoms with E-state index in [1.165, 1.54) is 4.90 Å². The minimum atomic E-state index is -1.10. The lowest BCUT2D eigenvalue weighted by atomic mass is 9.97. The highest BCUT2D eigenvalue weighted by Crippen LogP contribution is 2.16. The highest BCUT2D eigenvalue weighted by molar-refractivity contribution is 5.94. The first kappa shape index (κ1) is 32.8. The van der Waals surface area contributed by atoms with Crippen LogP contribution in [0.2, 0.25) is 0 Å². The summed E-state index contributed by atoms with van der Waals surface area (Å²) >= 11 is 0. The summed E-state index contributed by atoms with van der Waals surface area (Å²) in [4.78, 5) is 52.8. The molecule has 4 atom stereocenters. The first-order chi connectivity index (χ1) is 16.1. The first-order valence-corrected chi connectivity index (χ1v) is 12.9. The molecule has 204 valence electrons. The molecule has 9 heteroatoms. The van der Waals surface area contributed by atoms with E-state index in [0.717, 1.165) is 0 Å². The van der Waals surface area contributed by atoms with Crippen LogP contribution < -0.4 is 16.0 Å². The van der Waals surface area contributed by atoms with Crippen molar-refractivity contribution < 1.29 is 24.3 Å². The van der Waals surface area contributed by atoms with Gasteiger partial charge in [-0.15, -0.1) is 0 Å². The number of amides is 3.